The molecule has 0 bridgehead atoms. The molecule has 0 amide bonds. The first-order chi connectivity index (χ1) is 9.99. The van der Waals surface area contributed by atoms with Crippen LogP contribution in [0, 0.1) is 11.6 Å². The van der Waals surface area contributed by atoms with Gasteiger partial charge in [-0.15, -0.1) is 0 Å². The Morgan fingerprint density at radius 3 is 2.38 bits per heavy atom. The van der Waals surface area contributed by atoms with E-state index in [-0.39, 0.29) is 10.0 Å². The van der Waals surface area contributed by atoms with Gasteiger partial charge in [0.2, 0.25) is 0 Å². The number of hydrogen-bond donors (Lipinski definition) is 1. The lowest BCUT2D eigenvalue weighted by atomic mass is 9.97. The second-order valence-electron chi connectivity index (χ2n) is 4.37. The van der Waals surface area contributed by atoms with Crippen molar-refractivity contribution in [2.45, 2.75) is 6.04 Å². The lowest BCUT2D eigenvalue weighted by molar-refractivity contribution is 0.413. The normalized spacial score (nSPS) is 12.3. The summed E-state index contributed by atoms with van der Waals surface area (Å²) >= 11 is 6.50. The number of benzene rings is 2. The van der Waals surface area contributed by atoms with Crippen LogP contribution in [0.1, 0.15) is 17.2 Å². The molecule has 2 nitrogen and oxygen atoms in total. The Bertz CT molecular complexity index is 664. The van der Waals surface area contributed by atoms with Gasteiger partial charge in [0.25, 0.3) is 0 Å². The monoisotopic (exact) mass is 419 g/mol. The van der Waals surface area contributed by atoms with E-state index < -0.39 is 17.7 Å². The van der Waals surface area contributed by atoms with Gasteiger partial charge in [-0.05, 0) is 58.9 Å². The first kappa shape index (κ1) is 16.4. The van der Waals surface area contributed by atoms with Crippen LogP contribution in [-0.2, 0) is 0 Å². The topological polar surface area (TPSA) is 21.3 Å². The van der Waals surface area contributed by atoms with Crippen LogP contribution in [-0.4, -0.2) is 14.2 Å². The molecule has 2 rings (SSSR count). The van der Waals surface area contributed by atoms with Gasteiger partial charge >= 0.3 is 0 Å². The van der Waals surface area contributed by atoms with E-state index >= 15 is 0 Å². The van der Waals surface area contributed by atoms with Crippen molar-refractivity contribution >= 4 is 31.9 Å². The number of nitrogens with one attached hydrogen (secondary N) is 1. The van der Waals surface area contributed by atoms with E-state index in [0.717, 1.165) is 4.47 Å². The molecule has 1 unspecified atom stereocenters. The molecule has 0 aliphatic rings. The number of rotatable bonds is 4. The van der Waals surface area contributed by atoms with Crippen molar-refractivity contribution in [1.29, 1.82) is 0 Å². The Hall–Kier alpha value is -0.980. The smallest absolute Gasteiger partial charge is 0.145 e. The zero-order chi connectivity index (χ0) is 15.6. The van der Waals surface area contributed by atoms with Gasteiger partial charge in [0.15, 0.2) is 0 Å². The summed E-state index contributed by atoms with van der Waals surface area (Å²) in [6.45, 7) is 0. The van der Waals surface area contributed by atoms with Gasteiger partial charge in [-0.2, -0.15) is 0 Å². The second kappa shape index (κ2) is 6.85. The van der Waals surface area contributed by atoms with Crippen LogP contribution < -0.4 is 10.1 Å². The minimum absolute atomic E-state index is 0.0409. The Labute approximate surface area is 138 Å². The molecule has 0 fully saturated rings. The first-order valence-corrected chi connectivity index (χ1v) is 7.72. The third-order valence-corrected chi connectivity index (χ3v) is 4.51. The van der Waals surface area contributed by atoms with Crippen molar-refractivity contribution in [3.8, 4) is 5.75 Å². The summed E-state index contributed by atoms with van der Waals surface area (Å²) in [4.78, 5) is 0. The zero-order valence-corrected chi connectivity index (χ0v) is 14.6. The lowest BCUT2D eigenvalue weighted by Gasteiger charge is -2.21. The lowest BCUT2D eigenvalue weighted by Crippen LogP contribution is -2.21. The highest BCUT2D eigenvalue weighted by Crippen LogP contribution is 2.35. The van der Waals surface area contributed by atoms with Crippen LogP contribution in [0.15, 0.2) is 39.3 Å². The predicted molar refractivity (Wildman–Crippen MR) is 85.7 cm³/mol. The van der Waals surface area contributed by atoms with Crippen LogP contribution >= 0.6 is 31.9 Å². The molecule has 0 aliphatic carbocycles. The molecule has 6 heteroatoms. The van der Waals surface area contributed by atoms with Gasteiger partial charge in [-0.1, -0.05) is 15.9 Å². The third kappa shape index (κ3) is 3.27. The van der Waals surface area contributed by atoms with E-state index in [0.29, 0.717) is 11.3 Å². The molecule has 2 aromatic carbocycles. The summed E-state index contributed by atoms with van der Waals surface area (Å²) in [5, 5.41) is 2.95. The van der Waals surface area contributed by atoms with Gasteiger partial charge in [-0.25, -0.2) is 8.78 Å². The van der Waals surface area contributed by atoms with Crippen molar-refractivity contribution in [2.75, 3.05) is 14.2 Å². The minimum Gasteiger partial charge on any atom is -0.497 e. The van der Waals surface area contributed by atoms with Gasteiger partial charge in [0.1, 0.15) is 17.4 Å². The highest BCUT2D eigenvalue weighted by Gasteiger charge is 2.24. The summed E-state index contributed by atoms with van der Waals surface area (Å²) in [5.41, 5.74) is 0.647. The Morgan fingerprint density at radius 2 is 1.76 bits per heavy atom. The van der Waals surface area contributed by atoms with Crippen molar-refractivity contribution in [2.24, 2.45) is 0 Å². The van der Waals surface area contributed by atoms with E-state index in [1.165, 1.54) is 12.1 Å². The minimum atomic E-state index is -0.646. The molecular formula is C15H13Br2F2NO. The third-order valence-electron chi connectivity index (χ3n) is 3.17. The van der Waals surface area contributed by atoms with Gasteiger partial charge in [0, 0.05) is 10.0 Å². The molecular weight excluding hydrogens is 408 g/mol. The number of halogens is 4. The fraction of sp³-hybridized carbons (Fsp3) is 0.200. The Balaban J connectivity index is 2.63. The summed E-state index contributed by atoms with van der Waals surface area (Å²) in [5.74, 6) is -0.613. The maximum absolute atomic E-state index is 14.3. The van der Waals surface area contributed by atoms with Gasteiger partial charge in [0.05, 0.1) is 17.6 Å². The molecule has 0 radical (unpaired) electrons. The molecule has 0 aromatic heterocycles. The van der Waals surface area contributed by atoms with E-state index in [2.05, 4.69) is 37.2 Å². The standard InChI is InChI=1S/C15H13Br2F2NO/c1-20-15(9-7-8(21-2)3-4-10(9)16)13-12(18)6-5-11(17)14(13)19/h3-7,15,20H,1-2H3. The molecule has 0 spiro atoms. The molecule has 0 saturated carbocycles. The van der Waals surface area contributed by atoms with Crippen molar-refractivity contribution in [3.63, 3.8) is 0 Å². The van der Waals surface area contributed by atoms with Crippen LogP contribution in [0.3, 0.4) is 0 Å². The molecule has 2 aromatic rings. The molecule has 1 N–H and O–H groups in total. The van der Waals surface area contributed by atoms with Crippen LogP contribution in [0.25, 0.3) is 0 Å². The van der Waals surface area contributed by atoms with Crippen molar-refractivity contribution < 1.29 is 13.5 Å². The van der Waals surface area contributed by atoms with E-state index in [1.807, 2.05) is 0 Å². The molecule has 112 valence electrons. The summed E-state index contributed by atoms with van der Waals surface area (Å²) in [6, 6.07) is 7.24. The fourth-order valence-corrected chi connectivity index (χ4v) is 2.95. The quantitative estimate of drug-likeness (QED) is 0.717. The highest BCUT2D eigenvalue weighted by atomic mass is 79.9. The van der Waals surface area contributed by atoms with Crippen molar-refractivity contribution in [3.05, 3.63) is 62.0 Å². The van der Waals surface area contributed by atoms with E-state index in [4.69, 9.17) is 4.74 Å². The largest absolute Gasteiger partial charge is 0.497 e. The average molecular weight is 421 g/mol. The number of hydrogen-bond acceptors (Lipinski definition) is 2. The maximum atomic E-state index is 14.3. The summed E-state index contributed by atoms with van der Waals surface area (Å²) < 4.78 is 34.6. The summed E-state index contributed by atoms with van der Waals surface area (Å²) in [7, 11) is 3.19. The van der Waals surface area contributed by atoms with Crippen molar-refractivity contribution in [1.82, 2.24) is 5.32 Å². The van der Waals surface area contributed by atoms with Crippen LogP contribution in [0.4, 0.5) is 8.78 Å². The Morgan fingerprint density at radius 1 is 1.10 bits per heavy atom. The van der Waals surface area contributed by atoms with E-state index in [1.54, 1.807) is 32.4 Å². The fourth-order valence-electron chi connectivity index (χ4n) is 2.13. The molecule has 0 aliphatic heterocycles. The SMILES string of the molecule is CNC(c1cc(OC)ccc1Br)c1c(F)ccc(Br)c1F. The maximum Gasteiger partial charge on any atom is 0.145 e. The average Bonchev–Trinajstić information content (AvgIpc) is 2.48. The second-order valence-corrected chi connectivity index (χ2v) is 6.07. The highest BCUT2D eigenvalue weighted by molar-refractivity contribution is 9.10. The number of ether oxygens (including phenoxy) is 1. The molecule has 1 atom stereocenters. The molecule has 21 heavy (non-hydrogen) atoms. The van der Waals surface area contributed by atoms with E-state index in [9.17, 15) is 8.78 Å². The zero-order valence-electron chi connectivity index (χ0n) is 11.4. The first-order valence-electron chi connectivity index (χ1n) is 6.13. The van der Waals surface area contributed by atoms with Crippen LogP contribution in [0.2, 0.25) is 0 Å². The Kier molecular flexibility index (Phi) is 5.35. The molecule has 0 saturated heterocycles. The summed E-state index contributed by atoms with van der Waals surface area (Å²) in [6.07, 6.45) is 0. The molecule has 0 heterocycles. The predicted octanol–water partition coefficient (Wildman–Crippen LogP) is 4.81. The van der Waals surface area contributed by atoms with Gasteiger partial charge < -0.3 is 10.1 Å². The van der Waals surface area contributed by atoms with Crippen LogP contribution in [0.5, 0.6) is 5.75 Å². The van der Waals surface area contributed by atoms with Gasteiger partial charge in [-0.3, -0.25) is 0 Å². The number of methoxy groups -OCH3 is 1.